The van der Waals surface area contributed by atoms with Gasteiger partial charge in [0.15, 0.2) is 11.6 Å². The maximum Gasteiger partial charge on any atom is 0.237 e. The Morgan fingerprint density at radius 3 is 2.69 bits per heavy atom. The molecular weight excluding hydrogens is 400 g/mol. The third-order valence-corrected chi connectivity index (χ3v) is 6.69. The highest BCUT2D eigenvalue weighted by molar-refractivity contribution is 5.62. The molecule has 8 heteroatoms. The molecule has 1 fully saturated rings. The lowest BCUT2D eigenvalue weighted by Crippen LogP contribution is -2.42. The van der Waals surface area contributed by atoms with Crippen molar-refractivity contribution in [3.8, 4) is 11.6 Å². The van der Waals surface area contributed by atoms with E-state index in [1.165, 1.54) is 31.2 Å². The van der Waals surface area contributed by atoms with Crippen LogP contribution >= 0.6 is 0 Å². The van der Waals surface area contributed by atoms with Crippen LogP contribution in [-0.2, 0) is 6.42 Å². The first-order valence-corrected chi connectivity index (χ1v) is 11.5. The van der Waals surface area contributed by atoms with Crippen LogP contribution in [0.3, 0.4) is 0 Å². The molecule has 6 rings (SSSR count). The molecule has 0 radical (unpaired) electrons. The zero-order valence-corrected chi connectivity index (χ0v) is 18.2. The van der Waals surface area contributed by atoms with Gasteiger partial charge in [0.1, 0.15) is 17.8 Å². The zero-order valence-electron chi connectivity index (χ0n) is 18.2. The van der Waals surface area contributed by atoms with Crippen molar-refractivity contribution in [3.63, 3.8) is 0 Å². The van der Waals surface area contributed by atoms with E-state index in [1.807, 2.05) is 29.2 Å². The summed E-state index contributed by atoms with van der Waals surface area (Å²) in [5, 5.41) is 8.67. The predicted octanol–water partition coefficient (Wildman–Crippen LogP) is 4.05. The number of fused-ring (bicyclic) bond motifs is 3. The molecule has 32 heavy (non-hydrogen) atoms. The Labute approximate surface area is 187 Å². The van der Waals surface area contributed by atoms with Crippen molar-refractivity contribution < 1.29 is 0 Å². The maximum absolute atomic E-state index is 5.12. The largest absolute Gasteiger partial charge is 0.341 e. The molecule has 0 N–H and O–H groups in total. The lowest BCUT2D eigenvalue weighted by atomic mass is 10.0. The molecule has 0 amide bonds. The maximum atomic E-state index is 5.12. The van der Waals surface area contributed by atoms with Gasteiger partial charge in [-0.1, -0.05) is 50.1 Å². The van der Waals surface area contributed by atoms with Crippen LogP contribution in [0.2, 0.25) is 0 Å². The average Bonchev–Trinajstić information content (AvgIpc) is 3.60. The second kappa shape index (κ2) is 7.85. The van der Waals surface area contributed by atoms with E-state index in [-0.39, 0.29) is 6.04 Å². The summed E-state index contributed by atoms with van der Waals surface area (Å²) in [6.07, 6.45) is 14.1. The second-order valence-electron chi connectivity index (χ2n) is 8.58. The van der Waals surface area contributed by atoms with E-state index in [9.17, 15) is 0 Å². The fourth-order valence-corrected chi connectivity index (χ4v) is 5.18. The molecule has 2 aliphatic rings. The normalized spacial score (nSPS) is 18.0. The molecule has 1 aliphatic heterocycles. The Balaban J connectivity index is 1.45. The predicted molar refractivity (Wildman–Crippen MR) is 121 cm³/mol. The van der Waals surface area contributed by atoms with Gasteiger partial charge in [-0.3, -0.25) is 9.13 Å². The van der Waals surface area contributed by atoms with E-state index < -0.39 is 0 Å². The Hall–Kier alpha value is -3.55. The molecule has 1 aromatic carbocycles. The van der Waals surface area contributed by atoms with Crippen LogP contribution < -0.4 is 4.90 Å². The van der Waals surface area contributed by atoms with Crippen molar-refractivity contribution in [1.29, 1.82) is 0 Å². The molecule has 0 bridgehead atoms. The number of benzene rings is 1. The van der Waals surface area contributed by atoms with Gasteiger partial charge in [0.2, 0.25) is 5.95 Å². The number of hydrogen-bond acceptors (Lipinski definition) is 6. The quantitative estimate of drug-likeness (QED) is 0.479. The van der Waals surface area contributed by atoms with E-state index in [2.05, 4.69) is 55.8 Å². The van der Waals surface area contributed by atoms with E-state index in [0.29, 0.717) is 12.0 Å². The van der Waals surface area contributed by atoms with Crippen molar-refractivity contribution in [1.82, 2.24) is 34.3 Å². The summed E-state index contributed by atoms with van der Waals surface area (Å²) >= 11 is 0. The summed E-state index contributed by atoms with van der Waals surface area (Å²) in [5.41, 5.74) is 2.17. The molecule has 0 spiro atoms. The zero-order chi connectivity index (χ0) is 21.5. The summed E-state index contributed by atoms with van der Waals surface area (Å²) in [6.45, 7) is 2.21. The van der Waals surface area contributed by atoms with Crippen LogP contribution in [0.4, 0.5) is 5.82 Å². The van der Waals surface area contributed by atoms with Crippen molar-refractivity contribution in [3.05, 3.63) is 72.5 Å². The smallest absolute Gasteiger partial charge is 0.237 e. The molecule has 1 aliphatic carbocycles. The third-order valence-electron chi connectivity index (χ3n) is 6.69. The lowest BCUT2D eigenvalue weighted by molar-refractivity contribution is 0.468. The van der Waals surface area contributed by atoms with Gasteiger partial charge in [-0.25, -0.2) is 9.97 Å². The topological polar surface area (TPSA) is 77.5 Å². The molecule has 4 aromatic rings. The lowest BCUT2D eigenvalue weighted by Gasteiger charge is -2.40. The van der Waals surface area contributed by atoms with Gasteiger partial charge in [0.25, 0.3) is 0 Å². The molecule has 0 saturated heterocycles. The van der Waals surface area contributed by atoms with E-state index in [1.54, 1.807) is 6.33 Å². The standard InChI is InChI=1S/C24H26N8/c1-2-19-23-29-27-16-31(23)20-15-26-24(28-22(20)32(19)18-10-6-7-11-18)30-13-12-25-21(30)14-17-8-4-3-5-9-17/h3-5,8-9,12-13,15-16,18-19H,2,6-7,10-11,14H2,1H3. The number of imidazole rings is 1. The summed E-state index contributed by atoms with van der Waals surface area (Å²) in [5.74, 6) is 3.54. The molecular formula is C24H26N8. The summed E-state index contributed by atoms with van der Waals surface area (Å²) in [7, 11) is 0. The monoisotopic (exact) mass is 426 g/mol. The molecule has 162 valence electrons. The van der Waals surface area contributed by atoms with Crippen LogP contribution in [-0.4, -0.2) is 40.3 Å². The number of nitrogens with zero attached hydrogens (tertiary/aromatic N) is 8. The van der Waals surface area contributed by atoms with Crippen molar-refractivity contribution >= 4 is 5.82 Å². The summed E-state index contributed by atoms with van der Waals surface area (Å²) in [6, 6.07) is 11.0. The minimum Gasteiger partial charge on any atom is -0.341 e. The van der Waals surface area contributed by atoms with Gasteiger partial charge in [0, 0.05) is 24.9 Å². The van der Waals surface area contributed by atoms with E-state index in [4.69, 9.17) is 9.97 Å². The minimum absolute atomic E-state index is 0.169. The van der Waals surface area contributed by atoms with Gasteiger partial charge in [0.05, 0.1) is 12.2 Å². The first-order valence-electron chi connectivity index (χ1n) is 11.5. The van der Waals surface area contributed by atoms with Crippen LogP contribution in [0.15, 0.2) is 55.2 Å². The van der Waals surface area contributed by atoms with Crippen LogP contribution in [0, 0.1) is 0 Å². The number of rotatable bonds is 5. The van der Waals surface area contributed by atoms with E-state index >= 15 is 0 Å². The summed E-state index contributed by atoms with van der Waals surface area (Å²) in [4.78, 5) is 16.9. The number of aromatic nitrogens is 7. The SMILES string of the molecule is CCC1c2nncn2-c2cnc(-n3ccnc3Cc3ccccc3)nc2N1C1CCCC1. The van der Waals surface area contributed by atoms with Gasteiger partial charge in [-0.15, -0.1) is 10.2 Å². The summed E-state index contributed by atoms with van der Waals surface area (Å²) < 4.78 is 4.06. The molecule has 3 aromatic heterocycles. The Bertz CT molecular complexity index is 1220. The first-order chi connectivity index (χ1) is 15.8. The number of hydrogen-bond donors (Lipinski definition) is 0. The van der Waals surface area contributed by atoms with Gasteiger partial charge >= 0.3 is 0 Å². The number of anilines is 1. The van der Waals surface area contributed by atoms with Gasteiger partial charge < -0.3 is 4.90 Å². The van der Waals surface area contributed by atoms with Crippen LogP contribution in [0.1, 0.15) is 62.3 Å². The third kappa shape index (κ3) is 3.09. The molecule has 1 saturated carbocycles. The molecule has 8 nitrogen and oxygen atoms in total. The fraction of sp³-hybridized carbons (Fsp3) is 0.375. The van der Waals surface area contributed by atoms with Crippen molar-refractivity contribution in [2.45, 2.75) is 57.5 Å². The average molecular weight is 427 g/mol. The van der Waals surface area contributed by atoms with Crippen molar-refractivity contribution in [2.75, 3.05) is 4.90 Å². The second-order valence-corrected chi connectivity index (χ2v) is 8.58. The Morgan fingerprint density at radius 1 is 1.03 bits per heavy atom. The fourth-order valence-electron chi connectivity index (χ4n) is 5.18. The minimum atomic E-state index is 0.169. The highest BCUT2D eigenvalue weighted by Gasteiger charge is 2.38. The van der Waals surface area contributed by atoms with E-state index in [0.717, 1.165) is 36.0 Å². The highest BCUT2D eigenvalue weighted by Crippen LogP contribution is 2.42. The molecule has 4 heterocycles. The van der Waals surface area contributed by atoms with Crippen LogP contribution in [0.5, 0.6) is 0 Å². The van der Waals surface area contributed by atoms with Gasteiger partial charge in [-0.2, -0.15) is 4.98 Å². The van der Waals surface area contributed by atoms with Crippen molar-refractivity contribution in [2.24, 2.45) is 0 Å². The van der Waals surface area contributed by atoms with Crippen LogP contribution in [0.25, 0.3) is 11.6 Å². The van der Waals surface area contributed by atoms with Gasteiger partial charge in [-0.05, 0) is 24.8 Å². The molecule has 1 atom stereocenters. The Kier molecular flexibility index (Phi) is 4.70. The molecule has 1 unspecified atom stereocenters. The Morgan fingerprint density at radius 2 is 1.88 bits per heavy atom. The first kappa shape index (κ1) is 19.2. The highest BCUT2D eigenvalue weighted by atomic mass is 15.4.